The lowest BCUT2D eigenvalue weighted by molar-refractivity contribution is -0.0290. The van der Waals surface area contributed by atoms with E-state index in [-0.39, 0.29) is 0 Å². The van der Waals surface area contributed by atoms with Crippen LogP contribution in [0, 0.1) is 5.92 Å². The van der Waals surface area contributed by atoms with Crippen molar-refractivity contribution in [3.05, 3.63) is 34.3 Å². The monoisotopic (exact) mass is 353 g/mol. The molecule has 1 fully saturated rings. The van der Waals surface area contributed by atoms with Crippen molar-refractivity contribution in [3.8, 4) is 0 Å². The number of nitrogens with one attached hydrogen (secondary N) is 1. The molecule has 0 heterocycles. The topological polar surface area (TPSA) is 21.3 Å². The Kier molecular flexibility index (Phi) is 7.21. The van der Waals surface area contributed by atoms with E-state index < -0.39 is 0 Å². The van der Waals surface area contributed by atoms with Gasteiger partial charge in [-0.2, -0.15) is 0 Å². The van der Waals surface area contributed by atoms with Gasteiger partial charge >= 0.3 is 0 Å². The molecule has 2 nitrogen and oxygen atoms in total. The van der Waals surface area contributed by atoms with Gasteiger partial charge in [0.2, 0.25) is 0 Å². The molecule has 1 aromatic carbocycles. The van der Waals surface area contributed by atoms with Gasteiger partial charge in [-0.3, -0.25) is 0 Å². The zero-order chi connectivity index (χ0) is 15.1. The number of hydrogen-bond acceptors (Lipinski definition) is 2. The second-order valence-corrected chi connectivity index (χ2v) is 7.05. The zero-order valence-corrected chi connectivity index (χ0v) is 14.9. The first-order valence-electron chi connectivity index (χ1n) is 8.30. The molecular weight excluding hydrogens is 326 g/mol. The fourth-order valence-electron chi connectivity index (χ4n) is 3.13. The zero-order valence-electron chi connectivity index (χ0n) is 13.3. The lowest BCUT2D eigenvalue weighted by Crippen LogP contribution is -2.39. The third-order valence-corrected chi connectivity index (χ3v) is 4.82. The third kappa shape index (κ3) is 5.72. The fourth-order valence-corrected chi connectivity index (χ4v) is 3.40. The maximum absolute atomic E-state index is 5.68. The minimum absolute atomic E-state index is 0.527. The first-order valence-corrected chi connectivity index (χ1v) is 9.10. The fraction of sp³-hybridized carbons (Fsp3) is 0.667. The Bertz CT molecular complexity index is 400. The minimum atomic E-state index is 0.527. The van der Waals surface area contributed by atoms with Crippen molar-refractivity contribution in [3.63, 3.8) is 0 Å². The SMILES string of the molecule is CCCNC(Cc1ccc(Br)cc1)CC1CC(OCC)C1. The van der Waals surface area contributed by atoms with Crippen molar-refractivity contribution in [2.75, 3.05) is 13.2 Å². The van der Waals surface area contributed by atoms with Crippen molar-refractivity contribution in [1.29, 1.82) is 0 Å². The maximum Gasteiger partial charge on any atom is 0.0580 e. The summed E-state index contributed by atoms with van der Waals surface area (Å²) in [7, 11) is 0. The molecule has 0 bridgehead atoms. The van der Waals surface area contributed by atoms with Crippen LogP contribution in [0.5, 0.6) is 0 Å². The maximum atomic E-state index is 5.68. The van der Waals surface area contributed by atoms with Gasteiger partial charge in [0.15, 0.2) is 0 Å². The molecule has 0 radical (unpaired) electrons. The van der Waals surface area contributed by atoms with Crippen LogP contribution < -0.4 is 5.32 Å². The van der Waals surface area contributed by atoms with E-state index in [9.17, 15) is 0 Å². The first-order chi connectivity index (χ1) is 10.2. The molecule has 0 saturated heterocycles. The highest BCUT2D eigenvalue weighted by atomic mass is 79.9. The molecule has 0 amide bonds. The molecule has 2 rings (SSSR count). The Balaban J connectivity index is 1.81. The molecule has 1 aliphatic rings. The van der Waals surface area contributed by atoms with Crippen molar-refractivity contribution in [2.45, 2.75) is 58.1 Å². The number of benzene rings is 1. The first kappa shape index (κ1) is 17.0. The molecule has 1 N–H and O–H groups in total. The van der Waals surface area contributed by atoms with E-state index in [1.807, 2.05) is 0 Å². The van der Waals surface area contributed by atoms with E-state index in [1.165, 1.54) is 31.2 Å². The summed E-state index contributed by atoms with van der Waals surface area (Å²) >= 11 is 3.51. The minimum Gasteiger partial charge on any atom is -0.378 e. The Morgan fingerprint density at radius 3 is 2.57 bits per heavy atom. The third-order valence-electron chi connectivity index (χ3n) is 4.29. The molecule has 118 valence electrons. The molecule has 0 spiro atoms. The van der Waals surface area contributed by atoms with E-state index in [4.69, 9.17) is 4.74 Å². The predicted molar refractivity (Wildman–Crippen MR) is 92.7 cm³/mol. The summed E-state index contributed by atoms with van der Waals surface area (Å²) < 4.78 is 6.83. The van der Waals surface area contributed by atoms with Crippen molar-refractivity contribution >= 4 is 15.9 Å². The van der Waals surface area contributed by atoms with Crippen LogP contribution in [0.4, 0.5) is 0 Å². The number of halogens is 1. The molecule has 1 aromatic rings. The average Bonchev–Trinajstić information content (AvgIpc) is 2.44. The van der Waals surface area contributed by atoms with Crippen molar-refractivity contribution in [1.82, 2.24) is 5.32 Å². The summed E-state index contributed by atoms with van der Waals surface area (Å²) in [6.07, 6.45) is 6.63. The summed E-state index contributed by atoms with van der Waals surface area (Å²) in [5, 5.41) is 3.73. The molecule has 1 unspecified atom stereocenters. The predicted octanol–water partition coefficient (Wildman–Crippen LogP) is 4.57. The molecular formula is C18H28BrNO. The molecule has 0 aliphatic heterocycles. The van der Waals surface area contributed by atoms with Crippen molar-refractivity contribution in [2.24, 2.45) is 5.92 Å². The normalized spacial score (nSPS) is 22.8. The van der Waals surface area contributed by atoms with Gasteiger partial charge in [-0.1, -0.05) is 35.0 Å². The Hall–Kier alpha value is -0.380. The van der Waals surface area contributed by atoms with Gasteiger partial charge in [0, 0.05) is 17.1 Å². The summed E-state index contributed by atoms with van der Waals surface area (Å²) in [6, 6.07) is 9.34. The van der Waals surface area contributed by atoms with Gasteiger partial charge in [0.25, 0.3) is 0 Å². The van der Waals surface area contributed by atoms with E-state index in [0.717, 1.165) is 30.0 Å². The van der Waals surface area contributed by atoms with Crippen LogP contribution >= 0.6 is 15.9 Å². The second kappa shape index (κ2) is 8.92. The van der Waals surface area contributed by atoms with E-state index >= 15 is 0 Å². The van der Waals surface area contributed by atoms with Gasteiger partial charge in [-0.15, -0.1) is 0 Å². The van der Waals surface area contributed by atoms with Gasteiger partial charge in [0.05, 0.1) is 6.10 Å². The van der Waals surface area contributed by atoms with Crippen LogP contribution in [-0.2, 0) is 11.2 Å². The molecule has 3 heteroatoms. The van der Waals surface area contributed by atoms with Crippen molar-refractivity contribution < 1.29 is 4.74 Å². The van der Waals surface area contributed by atoms with E-state index in [0.29, 0.717) is 12.1 Å². The van der Waals surface area contributed by atoms with Gasteiger partial charge in [-0.25, -0.2) is 0 Å². The number of ether oxygens (including phenoxy) is 1. The quantitative estimate of drug-likeness (QED) is 0.702. The van der Waals surface area contributed by atoms with Crippen LogP contribution in [0.15, 0.2) is 28.7 Å². The summed E-state index contributed by atoms with van der Waals surface area (Å²) in [5.41, 5.74) is 1.42. The van der Waals surface area contributed by atoms with Crippen LogP contribution in [-0.4, -0.2) is 25.3 Å². The largest absolute Gasteiger partial charge is 0.378 e. The van der Waals surface area contributed by atoms with Gasteiger partial charge in [0.1, 0.15) is 0 Å². The Morgan fingerprint density at radius 2 is 1.95 bits per heavy atom. The summed E-state index contributed by atoms with van der Waals surface area (Å²) in [6.45, 7) is 6.29. The molecule has 21 heavy (non-hydrogen) atoms. The van der Waals surface area contributed by atoms with E-state index in [1.54, 1.807) is 0 Å². The van der Waals surface area contributed by atoms with Gasteiger partial charge < -0.3 is 10.1 Å². The number of rotatable bonds is 9. The lowest BCUT2D eigenvalue weighted by atomic mass is 9.77. The van der Waals surface area contributed by atoms with Crippen LogP contribution in [0.2, 0.25) is 0 Å². The molecule has 1 atom stereocenters. The van der Waals surface area contributed by atoms with Crippen LogP contribution in [0.25, 0.3) is 0 Å². The highest BCUT2D eigenvalue weighted by Gasteiger charge is 2.31. The second-order valence-electron chi connectivity index (χ2n) is 6.13. The van der Waals surface area contributed by atoms with E-state index in [2.05, 4.69) is 59.4 Å². The van der Waals surface area contributed by atoms with Gasteiger partial charge in [-0.05, 0) is 69.2 Å². The Labute approximate surface area is 137 Å². The summed E-state index contributed by atoms with van der Waals surface area (Å²) in [4.78, 5) is 0. The average molecular weight is 354 g/mol. The molecule has 0 aromatic heterocycles. The number of hydrogen-bond donors (Lipinski definition) is 1. The highest BCUT2D eigenvalue weighted by Crippen LogP contribution is 2.34. The highest BCUT2D eigenvalue weighted by molar-refractivity contribution is 9.10. The van der Waals surface area contributed by atoms with Crippen LogP contribution in [0.3, 0.4) is 0 Å². The Morgan fingerprint density at radius 1 is 1.24 bits per heavy atom. The standard InChI is InChI=1S/C18H28BrNO/c1-3-9-20-17(10-14-5-7-16(19)8-6-14)11-15-12-18(13-15)21-4-2/h5-8,15,17-18,20H,3-4,9-13H2,1-2H3. The van der Waals surface area contributed by atoms with Crippen LogP contribution in [0.1, 0.15) is 45.1 Å². The smallest absolute Gasteiger partial charge is 0.0580 e. The lowest BCUT2D eigenvalue weighted by Gasteiger charge is -2.37. The summed E-state index contributed by atoms with van der Waals surface area (Å²) in [5.74, 6) is 0.839. The molecule has 1 saturated carbocycles. The molecule has 1 aliphatic carbocycles.